The van der Waals surface area contributed by atoms with E-state index >= 15 is 0 Å². The lowest BCUT2D eigenvalue weighted by molar-refractivity contribution is -0.123. The van der Waals surface area contributed by atoms with E-state index in [4.69, 9.17) is 4.74 Å². The SMILES string of the molecule is O=C(NCC1(CBr)CCCCC1)C1COc2ccccc21. The van der Waals surface area contributed by atoms with Crippen molar-refractivity contribution in [2.24, 2.45) is 5.41 Å². The summed E-state index contributed by atoms with van der Waals surface area (Å²) in [6.07, 6.45) is 6.28. The first-order valence-corrected chi connectivity index (χ1v) is 8.92. The average Bonchev–Trinajstić information content (AvgIpc) is 2.98. The molecule has 0 spiro atoms. The van der Waals surface area contributed by atoms with Gasteiger partial charge in [-0.25, -0.2) is 0 Å². The summed E-state index contributed by atoms with van der Waals surface area (Å²) in [5.41, 5.74) is 1.26. The van der Waals surface area contributed by atoms with Crippen LogP contribution in [0.1, 0.15) is 43.6 Å². The van der Waals surface area contributed by atoms with E-state index < -0.39 is 0 Å². The van der Waals surface area contributed by atoms with Crippen LogP contribution >= 0.6 is 15.9 Å². The Labute approximate surface area is 134 Å². The van der Waals surface area contributed by atoms with Gasteiger partial charge in [0.05, 0.1) is 0 Å². The van der Waals surface area contributed by atoms with E-state index in [1.165, 1.54) is 32.1 Å². The Morgan fingerprint density at radius 2 is 2.05 bits per heavy atom. The first-order valence-electron chi connectivity index (χ1n) is 7.79. The number of halogens is 1. The van der Waals surface area contributed by atoms with Crippen molar-refractivity contribution >= 4 is 21.8 Å². The molecule has 0 bridgehead atoms. The van der Waals surface area contributed by atoms with E-state index in [1.54, 1.807) is 0 Å². The fourth-order valence-electron chi connectivity index (χ4n) is 3.44. The zero-order chi connectivity index (χ0) is 14.7. The summed E-state index contributed by atoms with van der Waals surface area (Å²) in [5.74, 6) is 0.800. The van der Waals surface area contributed by atoms with Gasteiger partial charge in [0.1, 0.15) is 18.3 Å². The Balaban J connectivity index is 1.62. The second kappa shape index (κ2) is 6.39. The van der Waals surface area contributed by atoms with Crippen molar-refractivity contribution in [1.82, 2.24) is 5.32 Å². The molecule has 1 saturated carbocycles. The number of ether oxygens (including phenoxy) is 1. The monoisotopic (exact) mass is 351 g/mol. The number of carbonyl (C=O) groups excluding carboxylic acids is 1. The lowest BCUT2D eigenvalue weighted by Gasteiger charge is -2.36. The predicted octanol–water partition coefficient (Wildman–Crippen LogP) is 3.62. The van der Waals surface area contributed by atoms with E-state index in [0.29, 0.717) is 6.61 Å². The molecule has 1 fully saturated rings. The Morgan fingerprint density at radius 1 is 1.29 bits per heavy atom. The third kappa shape index (κ3) is 3.10. The van der Waals surface area contributed by atoms with Crippen LogP contribution in [0, 0.1) is 5.41 Å². The standard InChI is InChI=1S/C17H22BrNO2/c18-11-17(8-4-1-5-9-17)12-19-16(20)14-10-21-15-7-3-2-6-13(14)15/h2-3,6-7,14H,1,4-5,8-12H2,(H,19,20). The molecule has 1 aliphatic heterocycles. The fraction of sp³-hybridized carbons (Fsp3) is 0.588. The molecule has 2 aliphatic rings. The molecule has 1 heterocycles. The number of hydrogen-bond donors (Lipinski definition) is 1. The van der Waals surface area contributed by atoms with Crippen LogP contribution in [0.2, 0.25) is 0 Å². The first-order chi connectivity index (χ1) is 10.2. The minimum Gasteiger partial charge on any atom is -0.492 e. The third-order valence-electron chi connectivity index (χ3n) is 4.85. The molecule has 1 unspecified atom stereocenters. The van der Waals surface area contributed by atoms with Gasteiger partial charge in [-0.1, -0.05) is 53.4 Å². The molecule has 114 valence electrons. The van der Waals surface area contributed by atoms with Crippen molar-refractivity contribution in [2.45, 2.75) is 38.0 Å². The summed E-state index contributed by atoms with van der Waals surface area (Å²) in [6.45, 7) is 1.24. The van der Waals surface area contributed by atoms with Crippen LogP contribution in [0.5, 0.6) is 5.75 Å². The van der Waals surface area contributed by atoms with Gasteiger partial charge in [-0.3, -0.25) is 4.79 Å². The minimum absolute atomic E-state index is 0.103. The maximum atomic E-state index is 12.5. The van der Waals surface area contributed by atoms with E-state index in [0.717, 1.165) is 23.2 Å². The molecule has 1 amide bonds. The zero-order valence-corrected chi connectivity index (χ0v) is 13.8. The number of carbonyl (C=O) groups is 1. The molecule has 3 rings (SSSR count). The molecule has 1 aliphatic carbocycles. The molecule has 1 aromatic carbocycles. The summed E-state index contributed by atoms with van der Waals surface area (Å²) >= 11 is 3.65. The Bertz CT molecular complexity index is 511. The fourth-order valence-corrected chi connectivity index (χ4v) is 4.20. The molecule has 1 aromatic rings. The van der Waals surface area contributed by atoms with Crippen molar-refractivity contribution in [1.29, 1.82) is 0 Å². The Morgan fingerprint density at radius 3 is 2.81 bits per heavy atom. The number of para-hydroxylation sites is 1. The van der Waals surface area contributed by atoms with Gasteiger partial charge < -0.3 is 10.1 Å². The van der Waals surface area contributed by atoms with Crippen molar-refractivity contribution < 1.29 is 9.53 Å². The summed E-state index contributed by atoms with van der Waals surface area (Å²) in [4.78, 5) is 12.5. The normalized spacial score (nSPS) is 23.2. The Kier molecular flexibility index (Phi) is 4.53. The van der Waals surface area contributed by atoms with Gasteiger partial charge in [0, 0.05) is 17.4 Å². The highest BCUT2D eigenvalue weighted by molar-refractivity contribution is 9.09. The highest BCUT2D eigenvalue weighted by Gasteiger charge is 2.34. The van der Waals surface area contributed by atoms with Crippen LogP contribution in [0.25, 0.3) is 0 Å². The maximum absolute atomic E-state index is 12.5. The molecule has 1 N–H and O–H groups in total. The van der Waals surface area contributed by atoms with Gasteiger partial charge in [-0.05, 0) is 24.3 Å². The second-order valence-corrected chi connectivity index (χ2v) is 6.87. The number of fused-ring (bicyclic) bond motifs is 1. The molecule has 0 saturated heterocycles. The molecule has 1 atom stereocenters. The third-order valence-corrected chi connectivity index (χ3v) is 6.04. The molecule has 0 radical (unpaired) electrons. The number of rotatable bonds is 4. The molecule has 21 heavy (non-hydrogen) atoms. The molecular weight excluding hydrogens is 330 g/mol. The summed E-state index contributed by atoms with van der Waals surface area (Å²) in [7, 11) is 0. The highest BCUT2D eigenvalue weighted by Crippen LogP contribution is 2.38. The largest absolute Gasteiger partial charge is 0.492 e. The smallest absolute Gasteiger partial charge is 0.231 e. The number of hydrogen-bond acceptors (Lipinski definition) is 2. The Hall–Kier alpha value is -1.03. The van der Waals surface area contributed by atoms with E-state index in [-0.39, 0.29) is 17.2 Å². The number of amides is 1. The van der Waals surface area contributed by atoms with Crippen LogP contribution in [-0.2, 0) is 4.79 Å². The van der Waals surface area contributed by atoms with Crippen LogP contribution in [0.15, 0.2) is 24.3 Å². The lowest BCUT2D eigenvalue weighted by Crippen LogP contribution is -2.42. The number of alkyl halides is 1. The predicted molar refractivity (Wildman–Crippen MR) is 87.0 cm³/mol. The molecule has 4 heteroatoms. The van der Waals surface area contributed by atoms with E-state index in [1.807, 2.05) is 24.3 Å². The van der Waals surface area contributed by atoms with Crippen LogP contribution in [-0.4, -0.2) is 24.4 Å². The second-order valence-electron chi connectivity index (χ2n) is 6.31. The molecular formula is C17H22BrNO2. The van der Waals surface area contributed by atoms with Gasteiger partial charge in [-0.2, -0.15) is 0 Å². The minimum atomic E-state index is -0.155. The van der Waals surface area contributed by atoms with Gasteiger partial charge in [0.25, 0.3) is 0 Å². The summed E-state index contributed by atoms with van der Waals surface area (Å²) in [6, 6.07) is 7.84. The van der Waals surface area contributed by atoms with Crippen LogP contribution < -0.4 is 10.1 Å². The van der Waals surface area contributed by atoms with Crippen LogP contribution in [0.4, 0.5) is 0 Å². The quantitative estimate of drug-likeness (QED) is 0.841. The lowest BCUT2D eigenvalue weighted by atomic mass is 9.75. The van der Waals surface area contributed by atoms with Gasteiger partial charge in [0.15, 0.2) is 0 Å². The van der Waals surface area contributed by atoms with Crippen molar-refractivity contribution in [3.8, 4) is 5.75 Å². The van der Waals surface area contributed by atoms with E-state index in [2.05, 4.69) is 21.2 Å². The van der Waals surface area contributed by atoms with Crippen molar-refractivity contribution in [3.63, 3.8) is 0 Å². The molecule has 0 aromatic heterocycles. The van der Waals surface area contributed by atoms with Gasteiger partial charge in [0.2, 0.25) is 5.91 Å². The summed E-state index contributed by atoms with van der Waals surface area (Å²) < 4.78 is 5.61. The number of nitrogens with one attached hydrogen (secondary N) is 1. The number of benzene rings is 1. The van der Waals surface area contributed by atoms with Crippen molar-refractivity contribution in [2.75, 3.05) is 18.5 Å². The topological polar surface area (TPSA) is 38.3 Å². The zero-order valence-electron chi connectivity index (χ0n) is 12.2. The average molecular weight is 352 g/mol. The summed E-state index contributed by atoms with van der Waals surface area (Å²) in [5, 5.41) is 4.15. The van der Waals surface area contributed by atoms with Gasteiger partial charge in [-0.15, -0.1) is 0 Å². The maximum Gasteiger partial charge on any atom is 0.231 e. The molecule has 3 nitrogen and oxygen atoms in total. The first kappa shape index (κ1) is 14.9. The van der Waals surface area contributed by atoms with Gasteiger partial charge >= 0.3 is 0 Å². The highest BCUT2D eigenvalue weighted by atomic mass is 79.9. The van der Waals surface area contributed by atoms with Crippen LogP contribution in [0.3, 0.4) is 0 Å². The van der Waals surface area contributed by atoms with E-state index in [9.17, 15) is 4.79 Å². The van der Waals surface area contributed by atoms with Crippen molar-refractivity contribution in [3.05, 3.63) is 29.8 Å².